The summed E-state index contributed by atoms with van der Waals surface area (Å²) in [5.41, 5.74) is 1.21. The Hall–Kier alpha value is -0.210. The lowest BCUT2D eigenvalue weighted by Gasteiger charge is -2.19. The van der Waals surface area contributed by atoms with Crippen molar-refractivity contribution in [2.45, 2.75) is 24.6 Å². The molecule has 0 spiro atoms. The maximum absolute atomic E-state index is 6.60. The van der Waals surface area contributed by atoms with Gasteiger partial charge >= 0.3 is 0 Å². The van der Waals surface area contributed by atoms with E-state index in [0.29, 0.717) is 5.92 Å². The number of halogens is 2. The molecule has 0 N–H and O–H groups in total. The second-order valence-electron chi connectivity index (χ2n) is 5.28. The van der Waals surface area contributed by atoms with Crippen LogP contribution in [0.4, 0.5) is 0 Å². The topological polar surface area (TPSA) is 9.23 Å². The lowest BCUT2D eigenvalue weighted by Crippen LogP contribution is -2.06. The molecule has 2 aliphatic carbocycles. The van der Waals surface area contributed by atoms with Crippen molar-refractivity contribution in [1.29, 1.82) is 0 Å². The van der Waals surface area contributed by atoms with Crippen molar-refractivity contribution in [3.8, 4) is 5.75 Å². The highest BCUT2D eigenvalue weighted by molar-refractivity contribution is 9.10. The van der Waals surface area contributed by atoms with Crippen LogP contribution in [0.3, 0.4) is 0 Å². The number of benzene rings is 1. The molecular weight excluding hydrogens is 300 g/mol. The standard InChI is InChI=1S/C14H16BrClO/c1-17-13-3-2-8(7-12(13)15)14(16)11-5-9-4-10(9)6-11/h2-3,7,9-11,14H,4-6H2,1H3. The van der Waals surface area contributed by atoms with E-state index in [9.17, 15) is 0 Å². The molecule has 2 aliphatic rings. The van der Waals surface area contributed by atoms with Crippen molar-refractivity contribution < 1.29 is 4.74 Å². The van der Waals surface area contributed by atoms with Crippen molar-refractivity contribution in [3.05, 3.63) is 28.2 Å². The largest absolute Gasteiger partial charge is 0.496 e. The molecule has 1 aromatic rings. The lowest BCUT2D eigenvalue weighted by molar-refractivity contribution is 0.411. The summed E-state index contributed by atoms with van der Waals surface area (Å²) in [7, 11) is 1.68. The Bertz CT molecular complexity index is 424. The summed E-state index contributed by atoms with van der Waals surface area (Å²) in [4.78, 5) is 0. The first-order valence-corrected chi connectivity index (χ1v) is 7.39. The number of hydrogen-bond donors (Lipinski definition) is 0. The zero-order chi connectivity index (χ0) is 12.0. The summed E-state index contributed by atoms with van der Waals surface area (Å²) in [5.74, 6) is 3.51. The van der Waals surface area contributed by atoms with Crippen LogP contribution in [0, 0.1) is 17.8 Å². The van der Waals surface area contributed by atoms with Gasteiger partial charge in [-0.25, -0.2) is 0 Å². The van der Waals surface area contributed by atoms with Gasteiger partial charge in [0.2, 0.25) is 0 Å². The fourth-order valence-corrected chi connectivity index (χ4v) is 4.03. The first kappa shape index (κ1) is 11.9. The van der Waals surface area contributed by atoms with Crippen molar-refractivity contribution >= 4 is 27.5 Å². The molecule has 1 aromatic carbocycles. The molecule has 0 bridgehead atoms. The molecule has 3 unspecified atom stereocenters. The van der Waals surface area contributed by atoms with Crippen molar-refractivity contribution in [2.24, 2.45) is 17.8 Å². The molecule has 0 aliphatic heterocycles. The minimum Gasteiger partial charge on any atom is -0.496 e. The van der Waals surface area contributed by atoms with Gasteiger partial charge in [0.1, 0.15) is 5.75 Å². The number of rotatable bonds is 3. The third-order valence-electron chi connectivity index (χ3n) is 4.19. The molecule has 3 heteroatoms. The van der Waals surface area contributed by atoms with Crippen molar-refractivity contribution in [1.82, 2.24) is 0 Å². The zero-order valence-corrected chi connectivity index (χ0v) is 12.2. The summed E-state index contributed by atoms with van der Waals surface area (Å²) in [6.07, 6.45) is 4.09. The Kier molecular flexibility index (Phi) is 3.12. The molecule has 0 saturated heterocycles. The van der Waals surface area contributed by atoms with E-state index in [1.165, 1.54) is 24.8 Å². The van der Waals surface area contributed by atoms with Crippen LogP contribution in [0.1, 0.15) is 30.2 Å². The van der Waals surface area contributed by atoms with E-state index in [0.717, 1.165) is 22.1 Å². The molecule has 92 valence electrons. The number of fused-ring (bicyclic) bond motifs is 1. The first-order valence-electron chi connectivity index (χ1n) is 6.16. The predicted octanol–water partition coefficient (Wildman–Crippen LogP) is 4.78. The molecule has 1 nitrogen and oxygen atoms in total. The fraction of sp³-hybridized carbons (Fsp3) is 0.571. The highest BCUT2D eigenvalue weighted by Crippen LogP contribution is 2.58. The zero-order valence-electron chi connectivity index (χ0n) is 9.83. The Morgan fingerprint density at radius 3 is 2.59 bits per heavy atom. The van der Waals surface area contributed by atoms with E-state index in [4.69, 9.17) is 16.3 Å². The lowest BCUT2D eigenvalue weighted by atomic mass is 9.94. The minimum absolute atomic E-state index is 0.157. The highest BCUT2D eigenvalue weighted by Gasteiger charge is 2.47. The molecule has 0 heterocycles. The molecule has 2 fully saturated rings. The molecule has 0 radical (unpaired) electrons. The normalized spacial score (nSPS) is 32.1. The first-order chi connectivity index (χ1) is 8.19. The van der Waals surface area contributed by atoms with Gasteiger partial charge in [-0.15, -0.1) is 11.6 Å². The number of methoxy groups -OCH3 is 1. The molecule has 3 atom stereocenters. The molecule has 17 heavy (non-hydrogen) atoms. The Balaban J connectivity index is 1.76. The summed E-state index contributed by atoms with van der Waals surface area (Å²) in [5, 5.41) is 0.157. The van der Waals surface area contributed by atoms with Crippen LogP contribution < -0.4 is 4.74 Å². The average molecular weight is 316 g/mol. The minimum atomic E-state index is 0.157. The second kappa shape index (κ2) is 4.47. The second-order valence-corrected chi connectivity index (χ2v) is 6.61. The maximum Gasteiger partial charge on any atom is 0.133 e. The molecule has 0 amide bonds. The van der Waals surface area contributed by atoms with Crippen LogP contribution in [0.25, 0.3) is 0 Å². The Morgan fingerprint density at radius 2 is 2.00 bits per heavy atom. The van der Waals surface area contributed by atoms with E-state index in [-0.39, 0.29) is 5.38 Å². The van der Waals surface area contributed by atoms with E-state index < -0.39 is 0 Å². The summed E-state index contributed by atoms with van der Waals surface area (Å²) >= 11 is 10.1. The fourth-order valence-electron chi connectivity index (χ4n) is 3.13. The van der Waals surface area contributed by atoms with Gasteiger partial charge in [-0.2, -0.15) is 0 Å². The van der Waals surface area contributed by atoms with E-state index in [1.54, 1.807) is 7.11 Å². The van der Waals surface area contributed by atoms with Gasteiger partial charge in [0, 0.05) is 0 Å². The van der Waals surface area contributed by atoms with Gasteiger partial charge in [0.15, 0.2) is 0 Å². The third-order valence-corrected chi connectivity index (χ3v) is 5.42. The van der Waals surface area contributed by atoms with Crippen LogP contribution >= 0.6 is 27.5 Å². The van der Waals surface area contributed by atoms with Crippen LogP contribution in [0.15, 0.2) is 22.7 Å². The van der Waals surface area contributed by atoms with Gasteiger partial charge in [0.25, 0.3) is 0 Å². The van der Waals surface area contributed by atoms with Gasteiger partial charge in [0.05, 0.1) is 17.0 Å². The van der Waals surface area contributed by atoms with Gasteiger partial charge in [-0.1, -0.05) is 6.07 Å². The van der Waals surface area contributed by atoms with Crippen LogP contribution in [-0.4, -0.2) is 7.11 Å². The van der Waals surface area contributed by atoms with Gasteiger partial charge in [-0.3, -0.25) is 0 Å². The molecule has 3 rings (SSSR count). The molecule has 2 saturated carbocycles. The SMILES string of the molecule is COc1ccc(C(Cl)C2CC3CC3C2)cc1Br. The Labute approximate surface area is 116 Å². The predicted molar refractivity (Wildman–Crippen MR) is 73.6 cm³/mol. The third kappa shape index (κ3) is 2.22. The monoisotopic (exact) mass is 314 g/mol. The van der Waals surface area contributed by atoms with E-state index in [2.05, 4.69) is 28.1 Å². The maximum atomic E-state index is 6.60. The number of hydrogen-bond acceptors (Lipinski definition) is 1. The summed E-state index contributed by atoms with van der Waals surface area (Å²) < 4.78 is 6.23. The van der Waals surface area contributed by atoms with Gasteiger partial charge < -0.3 is 4.74 Å². The average Bonchev–Trinajstić information content (AvgIpc) is 2.95. The van der Waals surface area contributed by atoms with Crippen molar-refractivity contribution in [2.75, 3.05) is 7.11 Å². The smallest absolute Gasteiger partial charge is 0.133 e. The summed E-state index contributed by atoms with van der Waals surface area (Å²) in [6, 6.07) is 6.18. The van der Waals surface area contributed by atoms with Crippen LogP contribution in [0.5, 0.6) is 5.75 Å². The van der Waals surface area contributed by atoms with E-state index in [1.807, 2.05) is 6.07 Å². The van der Waals surface area contributed by atoms with Crippen LogP contribution in [0.2, 0.25) is 0 Å². The molecular formula is C14H16BrClO. The van der Waals surface area contributed by atoms with Crippen LogP contribution in [-0.2, 0) is 0 Å². The molecule has 0 aromatic heterocycles. The number of alkyl halides is 1. The number of ether oxygens (including phenoxy) is 1. The van der Waals surface area contributed by atoms with E-state index >= 15 is 0 Å². The van der Waals surface area contributed by atoms with Crippen molar-refractivity contribution in [3.63, 3.8) is 0 Å². The Morgan fingerprint density at radius 1 is 1.29 bits per heavy atom. The quantitative estimate of drug-likeness (QED) is 0.729. The van der Waals surface area contributed by atoms with Gasteiger partial charge in [-0.05, 0) is 70.6 Å². The highest BCUT2D eigenvalue weighted by atomic mass is 79.9. The summed E-state index contributed by atoms with van der Waals surface area (Å²) in [6.45, 7) is 0.